The van der Waals surface area contributed by atoms with E-state index < -0.39 is 17.7 Å². The Morgan fingerprint density at radius 2 is 2.22 bits per heavy atom. The molecule has 1 aromatic carbocycles. The molecule has 1 aliphatic rings. The second kappa shape index (κ2) is 5.76. The molecule has 2 unspecified atom stereocenters. The van der Waals surface area contributed by atoms with Crippen molar-refractivity contribution in [1.29, 1.82) is 0 Å². The van der Waals surface area contributed by atoms with Crippen LogP contribution in [0.3, 0.4) is 0 Å². The highest BCUT2D eigenvalue weighted by Gasteiger charge is 2.24. The Kier molecular flexibility index (Phi) is 4.30. The van der Waals surface area contributed by atoms with E-state index in [2.05, 4.69) is 11.8 Å². The Hall–Kier alpha value is -1.00. The number of halogens is 2. The molecule has 100 valence electrons. The third kappa shape index (κ3) is 2.87. The Balaban J connectivity index is 2.00. The van der Waals surface area contributed by atoms with E-state index in [1.54, 1.807) is 0 Å². The zero-order valence-electron chi connectivity index (χ0n) is 10.6. The number of aliphatic hydroxyl groups is 1. The van der Waals surface area contributed by atoms with Gasteiger partial charge in [0.15, 0.2) is 11.6 Å². The predicted molar refractivity (Wildman–Crippen MR) is 66.2 cm³/mol. The number of nitrogens with zero attached hydrogens (tertiary/aromatic N) is 1. The molecule has 1 heterocycles. The molecular formula is C14H19F2NO. The third-order valence-corrected chi connectivity index (χ3v) is 3.72. The van der Waals surface area contributed by atoms with Gasteiger partial charge in [0.05, 0.1) is 6.10 Å². The summed E-state index contributed by atoms with van der Waals surface area (Å²) in [5, 5.41) is 10.00. The molecule has 0 saturated carbocycles. The number of hydrogen-bond acceptors (Lipinski definition) is 2. The molecular weight excluding hydrogens is 236 g/mol. The minimum atomic E-state index is -0.962. The number of aliphatic hydroxyl groups excluding tert-OH is 1. The molecule has 2 rings (SSSR count). The molecule has 0 radical (unpaired) electrons. The second-order valence-corrected chi connectivity index (χ2v) is 4.98. The minimum Gasteiger partial charge on any atom is -0.387 e. The first kappa shape index (κ1) is 13.4. The summed E-state index contributed by atoms with van der Waals surface area (Å²) < 4.78 is 26.6. The first-order valence-electron chi connectivity index (χ1n) is 6.46. The summed E-state index contributed by atoms with van der Waals surface area (Å²) in [6.45, 7) is 4.38. The van der Waals surface area contributed by atoms with Gasteiger partial charge in [0.1, 0.15) is 0 Å². The van der Waals surface area contributed by atoms with Gasteiger partial charge in [-0.1, -0.05) is 25.5 Å². The van der Waals surface area contributed by atoms with Crippen LogP contribution in [-0.4, -0.2) is 29.6 Å². The number of rotatable bonds is 4. The first-order valence-corrected chi connectivity index (χ1v) is 6.46. The van der Waals surface area contributed by atoms with E-state index >= 15 is 0 Å². The van der Waals surface area contributed by atoms with Gasteiger partial charge >= 0.3 is 0 Å². The van der Waals surface area contributed by atoms with Gasteiger partial charge in [-0.05, 0) is 24.9 Å². The lowest BCUT2D eigenvalue weighted by atomic mass is 10.1. The van der Waals surface area contributed by atoms with Gasteiger partial charge in [-0.25, -0.2) is 8.78 Å². The number of likely N-dealkylation sites (tertiary alicyclic amines) is 1. The van der Waals surface area contributed by atoms with Crippen molar-refractivity contribution in [3.63, 3.8) is 0 Å². The standard InChI is InChI=1S/C14H19F2NO/c1-2-10-6-7-17(8-10)9-13(18)11-4-3-5-12(15)14(11)16/h3-5,10,13,18H,2,6-9H2,1H3. The van der Waals surface area contributed by atoms with E-state index in [1.165, 1.54) is 12.1 Å². The van der Waals surface area contributed by atoms with Crippen molar-refractivity contribution in [2.45, 2.75) is 25.9 Å². The van der Waals surface area contributed by atoms with Crippen LogP contribution in [0, 0.1) is 17.6 Å². The van der Waals surface area contributed by atoms with E-state index in [-0.39, 0.29) is 5.56 Å². The number of hydrogen-bond donors (Lipinski definition) is 1. The average Bonchev–Trinajstić information content (AvgIpc) is 2.80. The van der Waals surface area contributed by atoms with E-state index in [0.717, 1.165) is 32.0 Å². The van der Waals surface area contributed by atoms with Crippen molar-refractivity contribution >= 4 is 0 Å². The highest BCUT2D eigenvalue weighted by molar-refractivity contribution is 5.21. The molecule has 1 fully saturated rings. The van der Waals surface area contributed by atoms with Crippen LogP contribution in [0.5, 0.6) is 0 Å². The third-order valence-electron chi connectivity index (χ3n) is 3.72. The van der Waals surface area contributed by atoms with Crippen molar-refractivity contribution in [1.82, 2.24) is 4.90 Å². The normalized spacial score (nSPS) is 22.3. The fourth-order valence-corrected chi connectivity index (χ4v) is 2.53. The highest BCUT2D eigenvalue weighted by atomic mass is 19.2. The van der Waals surface area contributed by atoms with Crippen molar-refractivity contribution < 1.29 is 13.9 Å². The maximum atomic E-state index is 13.5. The van der Waals surface area contributed by atoms with Crippen molar-refractivity contribution in [2.24, 2.45) is 5.92 Å². The molecule has 0 bridgehead atoms. The molecule has 0 aromatic heterocycles. The summed E-state index contributed by atoms with van der Waals surface area (Å²) in [6.07, 6.45) is 1.28. The summed E-state index contributed by atoms with van der Waals surface area (Å²) in [6, 6.07) is 3.93. The lowest BCUT2D eigenvalue weighted by molar-refractivity contribution is 0.120. The second-order valence-electron chi connectivity index (χ2n) is 4.98. The van der Waals surface area contributed by atoms with Gasteiger partial charge < -0.3 is 10.0 Å². The Morgan fingerprint density at radius 1 is 1.44 bits per heavy atom. The van der Waals surface area contributed by atoms with Crippen LogP contribution < -0.4 is 0 Å². The van der Waals surface area contributed by atoms with Gasteiger partial charge in [0.25, 0.3) is 0 Å². The van der Waals surface area contributed by atoms with Crippen LogP contribution in [0.25, 0.3) is 0 Å². The first-order chi connectivity index (χ1) is 8.61. The molecule has 1 N–H and O–H groups in total. The lowest BCUT2D eigenvalue weighted by Gasteiger charge is -2.20. The van der Waals surface area contributed by atoms with E-state index in [0.29, 0.717) is 12.5 Å². The monoisotopic (exact) mass is 255 g/mol. The summed E-state index contributed by atoms with van der Waals surface area (Å²) in [5.41, 5.74) is 0.0509. The Bertz CT molecular complexity index is 411. The molecule has 2 nitrogen and oxygen atoms in total. The van der Waals surface area contributed by atoms with Crippen molar-refractivity contribution in [3.8, 4) is 0 Å². The summed E-state index contributed by atoms with van der Waals surface area (Å²) in [4.78, 5) is 2.11. The number of benzene rings is 1. The lowest BCUT2D eigenvalue weighted by Crippen LogP contribution is -2.27. The molecule has 18 heavy (non-hydrogen) atoms. The smallest absolute Gasteiger partial charge is 0.164 e. The molecule has 0 aliphatic carbocycles. The Morgan fingerprint density at radius 3 is 2.89 bits per heavy atom. The fraction of sp³-hybridized carbons (Fsp3) is 0.571. The van der Waals surface area contributed by atoms with Crippen LogP contribution >= 0.6 is 0 Å². The molecule has 2 atom stereocenters. The fourth-order valence-electron chi connectivity index (χ4n) is 2.53. The number of β-amino-alcohol motifs (C(OH)–C–C–N with tert-alkyl or cyclic N) is 1. The van der Waals surface area contributed by atoms with Crippen LogP contribution in [0.4, 0.5) is 8.78 Å². The minimum absolute atomic E-state index is 0.0509. The van der Waals surface area contributed by atoms with Crippen LogP contribution in [0.15, 0.2) is 18.2 Å². The van der Waals surface area contributed by atoms with Crippen LogP contribution in [-0.2, 0) is 0 Å². The maximum absolute atomic E-state index is 13.5. The zero-order chi connectivity index (χ0) is 13.1. The molecule has 1 aliphatic heterocycles. The molecule has 1 saturated heterocycles. The topological polar surface area (TPSA) is 23.5 Å². The molecule has 0 spiro atoms. The van der Waals surface area contributed by atoms with Gasteiger partial charge in [0.2, 0.25) is 0 Å². The zero-order valence-corrected chi connectivity index (χ0v) is 10.6. The van der Waals surface area contributed by atoms with Crippen molar-refractivity contribution in [3.05, 3.63) is 35.4 Å². The van der Waals surface area contributed by atoms with E-state index in [9.17, 15) is 13.9 Å². The summed E-state index contributed by atoms with van der Waals surface area (Å²) >= 11 is 0. The van der Waals surface area contributed by atoms with Crippen molar-refractivity contribution in [2.75, 3.05) is 19.6 Å². The van der Waals surface area contributed by atoms with Crippen LogP contribution in [0.2, 0.25) is 0 Å². The van der Waals surface area contributed by atoms with Gasteiger partial charge in [-0.2, -0.15) is 0 Å². The van der Waals surface area contributed by atoms with E-state index in [1.807, 2.05) is 0 Å². The summed E-state index contributed by atoms with van der Waals surface area (Å²) in [7, 11) is 0. The van der Waals surface area contributed by atoms with E-state index in [4.69, 9.17) is 0 Å². The van der Waals surface area contributed by atoms with Gasteiger partial charge in [-0.15, -0.1) is 0 Å². The van der Waals surface area contributed by atoms with Gasteiger partial charge in [0, 0.05) is 18.7 Å². The van der Waals surface area contributed by atoms with Gasteiger partial charge in [-0.3, -0.25) is 0 Å². The predicted octanol–water partition coefficient (Wildman–Crippen LogP) is 2.73. The van der Waals surface area contributed by atoms with Crippen LogP contribution in [0.1, 0.15) is 31.4 Å². The molecule has 4 heteroatoms. The highest BCUT2D eigenvalue weighted by Crippen LogP contribution is 2.24. The molecule has 0 amide bonds. The maximum Gasteiger partial charge on any atom is 0.164 e. The SMILES string of the molecule is CCC1CCN(CC(O)c2cccc(F)c2F)C1. The molecule has 1 aromatic rings. The Labute approximate surface area is 106 Å². The largest absolute Gasteiger partial charge is 0.387 e. The summed E-state index contributed by atoms with van der Waals surface area (Å²) in [5.74, 6) is -1.18. The average molecular weight is 255 g/mol. The quantitative estimate of drug-likeness (QED) is 0.894.